The summed E-state index contributed by atoms with van der Waals surface area (Å²) < 4.78 is 13.3. The van der Waals surface area contributed by atoms with E-state index < -0.39 is 11.4 Å². The second-order valence-electron chi connectivity index (χ2n) is 10.7. The molecule has 4 fully saturated rings. The maximum atomic E-state index is 13.0. The number of hydrogen-bond acceptors (Lipinski definition) is 4. The van der Waals surface area contributed by atoms with Gasteiger partial charge in [-0.1, -0.05) is 19.9 Å². The van der Waals surface area contributed by atoms with Crippen molar-refractivity contribution in [2.24, 2.45) is 28.6 Å². The molecule has 7 atom stereocenters. The van der Waals surface area contributed by atoms with Crippen LogP contribution >= 0.6 is 0 Å². The van der Waals surface area contributed by atoms with Crippen molar-refractivity contribution in [3.63, 3.8) is 0 Å². The minimum absolute atomic E-state index is 0.0514. The third-order valence-electron chi connectivity index (χ3n) is 9.09. The maximum absolute atomic E-state index is 13.0. The molecule has 0 spiro atoms. The highest BCUT2D eigenvalue weighted by molar-refractivity contribution is 6.01. The summed E-state index contributed by atoms with van der Waals surface area (Å²) in [6.07, 6.45) is 10.4. The summed E-state index contributed by atoms with van der Waals surface area (Å²) in [5, 5.41) is 0. The van der Waals surface area contributed by atoms with E-state index in [1.54, 1.807) is 13.0 Å². The molecule has 1 saturated heterocycles. The van der Waals surface area contributed by atoms with E-state index in [2.05, 4.69) is 19.9 Å². The quantitative estimate of drug-likeness (QED) is 0.673. The number of allylic oxidation sites excluding steroid dienone is 3. The Hall–Kier alpha value is -1.26. The van der Waals surface area contributed by atoms with Crippen molar-refractivity contribution in [3.05, 3.63) is 23.8 Å². The number of fused-ring (bicyclic) bond motifs is 4. The average Bonchev–Trinajstić information content (AvgIpc) is 2.89. The number of ether oxygens (including phenoxy) is 2. The van der Waals surface area contributed by atoms with Crippen molar-refractivity contribution in [3.8, 4) is 0 Å². The van der Waals surface area contributed by atoms with Crippen LogP contribution in [0.25, 0.3) is 0 Å². The lowest BCUT2D eigenvalue weighted by Crippen LogP contribution is -2.59. The van der Waals surface area contributed by atoms with Crippen LogP contribution in [0.2, 0.25) is 0 Å². The van der Waals surface area contributed by atoms with Gasteiger partial charge in [-0.05, 0) is 88.4 Å². The van der Waals surface area contributed by atoms with Gasteiger partial charge in [0.15, 0.2) is 17.4 Å². The summed E-state index contributed by atoms with van der Waals surface area (Å²) >= 11 is 0. The second kappa shape index (κ2) is 5.46. The molecule has 28 heavy (non-hydrogen) atoms. The first-order valence-electron chi connectivity index (χ1n) is 10.9. The largest absolute Gasteiger partial charge is 0.343 e. The van der Waals surface area contributed by atoms with Crippen molar-refractivity contribution in [2.45, 2.75) is 84.2 Å². The van der Waals surface area contributed by atoms with E-state index in [4.69, 9.17) is 9.47 Å². The lowest BCUT2D eigenvalue weighted by atomic mass is 9.46. The Morgan fingerprint density at radius 1 is 1.11 bits per heavy atom. The SMILES string of the molecule is CC(=O)[C@]12CCC3C4CC(OC(C)(C)O1)C1=CC(=O)C=C[C@]1(C)[C@H]4CC[C@@]32C. The van der Waals surface area contributed by atoms with Crippen LogP contribution in [-0.2, 0) is 19.1 Å². The third kappa shape index (κ3) is 2.14. The van der Waals surface area contributed by atoms with Crippen LogP contribution in [0.4, 0.5) is 0 Å². The normalized spacial score (nSPS) is 51.0. The first kappa shape index (κ1) is 18.7. The first-order valence-corrected chi connectivity index (χ1v) is 10.9. The highest BCUT2D eigenvalue weighted by Gasteiger charge is 2.69. The van der Waals surface area contributed by atoms with E-state index in [-0.39, 0.29) is 28.5 Å². The Labute approximate surface area is 167 Å². The number of rotatable bonds is 1. The molecule has 3 saturated carbocycles. The number of carbonyl (C=O) groups is 2. The molecule has 1 heterocycles. The first-order chi connectivity index (χ1) is 13.0. The van der Waals surface area contributed by atoms with Gasteiger partial charge in [-0.25, -0.2) is 0 Å². The van der Waals surface area contributed by atoms with Gasteiger partial charge in [-0.2, -0.15) is 0 Å². The zero-order valence-electron chi connectivity index (χ0n) is 17.7. The second-order valence-corrected chi connectivity index (χ2v) is 10.7. The topological polar surface area (TPSA) is 52.6 Å². The van der Waals surface area contributed by atoms with Crippen molar-refractivity contribution in [1.29, 1.82) is 0 Å². The Balaban J connectivity index is 1.72. The van der Waals surface area contributed by atoms with E-state index in [1.807, 2.05) is 19.9 Å². The van der Waals surface area contributed by atoms with Crippen LogP contribution in [0.5, 0.6) is 0 Å². The van der Waals surface area contributed by atoms with Gasteiger partial charge >= 0.3 is 0 Å². The fourth-order valence-electron chi connectivity index (χ4n) is 7.93. The van der Waals surface area contributed by atoms with E-state index in [9.17, 15) is 9.59 Å². The smallest absolute Gasteiger partial charge is 0.178 e. The predicted octanol–water partition coefficient (Wildman–Crippen LogP) is 4.38. The number of ketones is 2. The van der Waals surface area contributed by atoms with Crippen LogP contribution in [0.15, 0.2) is 23.8 Å². The van der Waals surface area contributed by atoms with Crippen molar-refractivity contribution >= 4 is 11.6 Å². The van der Waals surface area contributed by atoms with Crippen LogP contribution in [0, 0.1) is 28.6 Å². The van der Waals surface area contributed by atoms with Crippen molar-refractivity contribution in [1.82, 2.24) is 0 Å². The van der Waals surface area contributed by atoms with Crippen LogP contribution in [0.1, 0.15) is 66.7 Å². The maximum Gasteiger partial charge on any atom is 0.178 e. The molecule has 0 amide bonds. The molecule has 1 aliphatic heterocycles. The number of Topliss-reactive ketones (excluding diaryl/α,β-unsaturated/α-hetero) is 1. The van der Waals surface area contributed by atoms with Crippen molar-refractivity contribution < 1.29 is 19.1 Å². The zero-order valence-corrected chi connectivity index (χ0v) is 17.7. The van der Waals surface area contributed by atoms with Gasteiger partial charge in [0, 0.05) is 10.8 Å². The number of carbonyl (C=O) groups excluding carboxylic acids is 2. The molecule has 0 aromatic rings. The minimum atomic E-state index is -0.884. The highest BCUT2D eigenvalue weighted by Crippen LogP contribution is 2.69. The van der Waals surface area contributed by atoms with Gasteiger partial charge in [-0.3, -0.25) is 9.59 Å². The molecule has 4 heteroatoms. The molecular weight excluding hydrogens is 352 g/mol. The van der Waals surface area contributed by atoms with Gasteiger partial charge in [0.1, 0.15) is 5.60 Å². The summed E-state index contributed by atoms with van der Waals surface area (Å²) in [6, 6.07) is 0. The predicted molar refractivity (Wildman–Crippen MR) is 105 cm³/mol. The fraction of sp³-hybridized carbons (Fsp3) is 0.750. The fourth-order valence-corrected chi connectivity index (χ4v) is 7.93. The van der Waals surface area contributed by atoms with Gasteiger partial charge in [0.05, 0.1) is 6.10 Å². The monoisotopic (exact) mass is 384 g/mol. The molecule has 0 radical (unpaired) electrons. The van der Waals surface area contributed by atoms with Gasteiger partial charge in [0.25, 0.3) is 0 Å². The van der Waals surface area contributed by atoms with Gasteiger partial charge in [-0.15, -0.1) is 0 Å². The van der Waals surface area contributed by atoms with E-state index >= 15 is 0 Å². The Kier molecular flexibility index (Phi) is 3.65. The average molecular weight is 385 g/mol. The highest BCUT2D eigenvalue weighted by atomic mass is 16.7. The van der Waals surface area contributed by atoms with Crippen molar-refractivity contribution in [2.75, 3.05) is 0 Å². The Morgan fingerprint density at radius 3 is 2.54 bits per heavy atom. The van der Waals surface area contributed by atoms with Crippen LogP contribution in [-0.4, -0.2) is 29.1 Å². The van der Waals surface area contributed by atoms with Crippen LogP contribution < -0.4 is 0 Å². The van der Waals surface area contributed by atoms with Crippen LogP contribution in [0.3, 0.4) is 0 Å². The molecule has 4 aliphatic carbocycles. The molecule has 0 N–H and O–H groups in total. The minimum Gasteiger partial charge on any atom is -0.343 e. The molecule has 152 valence electrons. The Morgan fingerprint density at radius 2 is 1.82 bits per heavy atom. The van der Waals surface area contributed by atoms with E-state index in [1.165, 1.54) is 0 Å². The summed E-state index contributed by atoms with van der Waals surface area (Å²) in [6.45, 7) is 10.2. The van der Waals surface area contributed by atoms with E-state index in [0.717, 1.165) is 37.7 Å². The molecule has 0 aromatic heterocycles. The van der Waals surface area contributed by atoms with Gasteiger partial charge < -0.3 is 9.47 Å². The molecular formula is C24H32O4. The standard InChI is InChI=1S/C24H32O4/c1-14(25)24-11-8-18-16-13-20(27-21(2,3)28-24)19-12-15(26)6-9-22(19,4)17(16)7-10-23(18,24)5/h6,9,12,16-18,20H,7-8,10-11,13H2,1-5H3/t16?,17-,18?,20?,22+,23-,24-/m0/s1. The molecule has 3 unspecified atom stereocenters. The third-order valence-corrected chi connectivity index (χ3v) is 9.09. The molecule has 5 bridgehead atoms. The lowest BCUT2D eigenvalue weighted by molar-refractivity contribution is -0.291. The molecule has 0 aromatic carbocycles. The number of hydrogen-bond donors (Lipinski definition) is 0. The summed E-state index contributed by atoms with van der Waals surface area (Å²) in [5.74, 6) is 0.745. The lowest BCUT2D eigenvalue weighted by Gasteiger charge is -2.58. The summed E-state index contributed by atoms with van der Waals surface area (Å²) in [7, 11) is 0. The summed E-state index contributed by atoms with van der Waals surface area (Å²) in [5.41, 5.74) is 0.0399. The van der Waals surface area contributed by atoms with E-state index in [0.29, 0.717) is 17.8 Å². The Bertz CT molecular complexity index is 822. The molecule has 5 rings (SSSR count). The van der Waals surface area contributed by atoms with Gasteiger partial charge in [0.2, 0.25) is 0 Å². The molecule has 5 aliphatic rings. The molecule has 4 nitrogen and oxygen atoms in total. The summed E-state index contributed by atoms with van der Waals surface area (Å²) in [4.78, 5) is 25.3. The zero-order chi connectivity index (χ0) is 20.1.